The lowest BCUT2D eigenvalue weighted by molar-refractivity contribution is 0.0955. The SMILES string of the molecule is CCOc1cc(/C=N\NC(=O)c2cccc(Cl)c2)cc(Br)c1OCc1ccccc1Cl. The van der Waals surface area contributed by atoms with E-state index in [0.29, 0.717) is 50.4 Å². The summed E-state index contributed by atoms with van der Waals surface area (Å²) >= 11 is 15.6. The molecule has 0 bridgehead atoms. The topological polar surface area (TPSA) is 59.9 Å². The molecule has 160 valence electrons. The molecule has 5 nitrogen and oxygen atoms in total. The van der Waals surface area contributed by atoms with Gasteiger partial charge in [-0.3, -0.25) is 4.79 Å². The Morgan fingerprint density at radius 1 is 1.10 bits per heavy atom. The monoisotopic (exact) mass is 520 g/mol. The third kappa shape index (κ3) is 6.47. The van der Waals surface area contributed by atoms with E-state index >= 15 is 0 Å². The normalized spacial score (nSPS) is 10.8. The summed E-state index contributed by atoms with van der Waals surface area (Å²) in [6.07, 6.45) is 1.52. The number of hydrazone groups is 1. The highest BCUT2D eigenvalue weighted by Gasteiger charge is 2.13. The van der Waals surface area contributed by atoms with E-state index in [1.807, 2.05) is 37.3 Å². The van der Waals surface area contributed by atoms with Crippen molar-refractivity contribution in [3.8, 4) is 11.5 Å². The highest BCUT2D eigenvalue weighted by atomic mass is 79.9. The summed E-state index contributed by atoms with van der Waals surface area (Å²) in [5, 5.41) is 5.14. The largest absolute Gasteiger partial charge is 0.490 e. The van der Waals surface area contributed by atoms with Crippen LogP contribution in [0.1, 0.15) is 28.4 Å². The molecule has 0 fully saturated rings. The minimum atomic E-state index is -0.359. The molecule has 3 aromatic carbocycles. The number of halogens is 3. The van der Waals surface area contributed by atoms with Gasteiger partial charge in [0, 0.05) is 21.2 Å². The van der Waals surface area contributed by atoms with E-state index in [9.17, 15) is 4.79 Å². The molecule has 0 spiro atoms. The first kappa shape index (κ1) is 23.1. The van der Waals surface area contributed by atoms with Gasteiger partial charge in [-0.25, -0.2) is 5.43 Å². The van der Waals surface area contributed by atoms with Gasteiger partial charge in [0.05, 0.1) is 17.3 Å². The molecule has 3 rings (SSSR count). The molecule has 3 aromatic rings. The van der Waals surface area contributed by atoms with E-state index in [4.69, 9.17) is 32.7 Å². The summed E-state index contributed by atoms with van der Waals surface area (Å²) in [6.45, 7) is 2.64. The molecule has 0 aliphatic heterocycles. The fourth-order valence-electron chi connectivity index (χ4n) is 2.69. The van der Waals surface area contributed by atoms with E-state index in [0.717, 1.165) is 5.56 Å². The van der Waals surface area contributed by atoms with E-state index in [-0.39, 0.29) is 5.91 Å². The molecule has 8 heteroatoms. The van der Waals surface area contributed by atoms with Gasteiger partial charge in [0.1, 0.15) is 6.61 Å². The fourth-order valence-corrected chi connectivity index (χ4v) is 3.65. The van der Waals surface area contributed by atoms with Gasteiger partial charge in [0.2, 0.25) is 0 Å². The molecule has 0 heterocycles. The van der Waals surface area contributed by atoms with E-state index in [1.165, 1.54) is 6.21 Å². The Balaban J connectivity index is 1.73. The van der Waals surface area contributed by atoms with Crippen LogP contribution in [0.5, 0.6) is 11.5 Å². The van der Waals surface area contributed by atoms with E-state index in [1.54, 1.807) is 30.3 Å². The Hall–Kier alpha value is -2.54. The zero-order chi connectivity index (χ0) is 22.2. The maximum Gasteiger partial charge on any atom is 0.271 e. The Morgan fingerprint density at radius 3 is 2.65 bits per heavy atom. The van der Waals surface area contributed by atoms with Crippen LogP contribution in [-0.4, -0.2) is 18.7 Å². The lowest BCUT2D eigenvalue weighted by atomic mass is 10.2. The maximum absolute atomic E-state index is 12.2. The molecule has 0 atom stereocenters. The first-order chi connectivity index (χ1) is 15.0. The molecule has 1 amide bonds. The molecule has 31 heavy (non-hydrogen) atoms. The van der Waals surface area contributed by atoms with Gasteiger partial charge in [-0.2, -0.15) is 5.10 Å². The highest BCUT2D eigenvalue weighted by molar-refractivity contribution is 9.10. The van der Waals surface area contributed by atoms with Crippen LogP contribution >= 0.6 is 39.1 Å². The third-order valence-electron chi connectivity index (χ3n) is 4.13. The third-order valence-corrected chi connectivity index (χ3v) is 5.32. The average Bonchev–Trinajstić information content (AvgIpc) is 2.74. The molecule has 0 unspecified atom stereocenters. The summed E-state index contributed by atoms with van der Waals surface area (Å²) in [6, 6.07) is 17.7. The lowest BCUT2D eigenvalue weighted by Gasteiger charge is -2.15. The first-order valence-electron chi connectivity index (χ1n) is 9.39. The summed E-state index contributed by atoms with van der Waals surface area (Å²) in [4.78, 5) is 12.2. The van der Waals surface area contributed by atoms with Crippen molar-refractivity contribution in [2.45, 2.75) is 13.5 Å². The second kappa shape index (κ2) is 11.2. The Morgan fingerprint density at radius 2 is 1.90 bits per heavy atom. The minimum absolute atomic E-state index is 0.293. The van der Waals surface area contributed by atoms with E-state index in [2.05, 4.69) is 26.5 Å². The average molecular weight is 522 g/mol. The van der Waals surface area contributed by atoms with Gasteiger partial charge < -0.3 is 9.47 Å². The molecule has 0 aliphatic rings. The van der Waals surface area contributed by atoms with Crippen LogP contribution < -0.4 is 14.9 Å². The number of carbonyl (C=O) groups is 1. The molecule has 0 saturated carbocycles. The Kier molecular flexibility index (Phi) is 8.35. The van der Waals surface area contributed by atoms with Gasteiger partial charge in [0.25, 0.3) is 5.91 Å². The van der Waals surface area contributed by atoms with Crippen LogP contribution in [0.25, 0.3) is 0 Å². The molecule has 0 radical (unpaired) electrons. The zero-order valence-corrected chi connectivity index (χ0v) is 19.7. The van der Waals surface area contributed by atoms with Crippen molar-refractivity contribution in [3.63, 3.8) is 0 Å². The number of nitrogens with zero attached hydrogens (tertiary/aromatic N) is 1. The Labute approximate surface area is 199 Å². The number of amides is 1. The van der Waals surface area contributed by atoms with Crippen molar-refractivity contribution >= 4 is 51.3 Å². The number of rotatable bonds is 8. The van der Waals surface area contributed by atoms with Crippen LogP contribution in [0.15, 0.2) is 70.2 Å². The lowest BCUT2D eigenvalue weighted by Crippen LogP contribution is -2.17. The van der Waals surface area contributed by atoms with Crippen LogP contribution in [0, 0.1) is 0 Å². The van der Waals surface area contributed by atoms with Crippen molar-refractivity contribution in [3.05, 3.63) is 91.9 Å². The van der Waals surface area contributed by atoms with Crippen LogP contribution in [0.2, 0.25) is 10.0 Å². The number of nitrogens with one attached hydrogen (secondary N) is 1. The smallest absolute Gasteiger partial charge is 0.271 e. The predicted molar refractivity (Wildman–Crippen MR) is 128 cm³/mol. The van der Waals surface area contributed by atoms with Gasteiger partial charge >= 0.3 is 0 Å². The van der Waals surface area contributed by atoms with Crippen molar-refractivity contribution in [1.82, 2.24) is 5.43 Å². The van der Waals surface area contributed by atoms with Crippen molar-refractivity contribution in [2.75, 3.05) is 6.61 Å². The molecular formula is C23H19BrCl2N2O3. The number of ether oxygens (including phenoxy) is 2. The predicted octanol–water partition coefficient (Wildman–Crippen LogP) is 6.50. The number of hydrogen-bond donors (Lipinski definition) is 1. The quantitative estimate of drug-likeness (QED) is 0.272. The van der Waals surface area contributed by atoms with Crippen molar-refractivity contribution in [2.24, 2.45) is 5.10 Å². The second-order valence-electron chi connectivity index (χ2n) is 6.35. The maximum atomic E-state index is 12.2. The molecular weight excluding hydrogens is 503 g/mol. The van der Waals surface area contributed by atoms with Crippen molar-refractivity contribution in [1.29, 1.82) is 0 Å². The summed E-state index contributed by atoms with van der Waals surface area (Å²) in [5.74, 6) is 0.746. The standard InChI is InChI=1S/C23H19BrCl2N2O3/c1-2-30-21-11-15(13-27-28-23(29)16-7-5-8-18(25)12-16)10-19(24)22(21)31-14-17-6-3-4-9-20(17)26/h3-13H,2,14H2,1H3,(H,28,29)/b27-13-. The molecule has 0 aliphatic carbocycles. The van der Waals surface area contributed by atoms with Gasteiger partial charge in [-0.05, 0) is 64.8 Å². The summed E-state index contributed by atoms with van der Waals surface area (Å²) in [5.41, 5.74) is 4.49. The zero-order valence-electron chi connectivity index (χ0n) is 16.6. The highest BCUT2D eigenvalue weighted by Crippen LogP contribution is 2.37. The number of benzene rings is 3. The molecule has 1 N–H and O–H groups in total. The van der Waals surface area contributed by atoms with Crippen LogP contribution in [-0.2, 0) is 6.61 Å². The molecule has 0 aromatic heterocycles. The Bertz CT molecular complexity index is 1110. The van der Waals surface area contributed by atoms with Gasteiger partial charge in [0.15, 0.2) is 11.5 Å². The van der Waals surface area contributed by atoms with Crippen LogP contribution in [0.4, 0.5) is 0 Å². The van der Waals surface area contributed by atoms with Gasteiger partial charge in [-0.15, -0.1) is 0 Å². The summed E-state index contributed by atoms with van der Waals surface area (Å²) < 4.78 is 12.4. The van der Waals surface area contributed by atoms with Crippen molar-refractivity contribution < 1.29 is 14.3 Å². The molecule has 0 saturated heterocycles. The minimum Gasteiger partial charge on any atom is -0.490 e. The fraction of sp³-hybridized carbons (Fsp3) is 0.130. The first-order valence-corrected chi connectivity index (χ1v) is 10.9. The van der Waals surface area contributed by atoms with E-state index < -0.39 is 0 Å². The van der Waals surface area contributed by atoms with Crippen LogP contribution in [0.3, 0.4) is 0 Å². The van der Waals surface area contributed by atoms with Gasteiger partial charge in [-0.1, -0.05) is 47.5 Å². The second-order valence-corrected chi connectivity index (χ2v) is 8.05. The number of carbonyl (C=O) groups excluding carboxylic acids is 1. The summed E-state index contributed by atoms with van der Waals surface area (Å²) in [7, 11) is 0. The number of hydrogen-bond acceptors (Lipinski definition) is 4.